The highest BCUT2D eigenvalue weighted by Gasteiger charge is 2.13. The molecule has 0 rings (SSSR count). The van der Waals surface area contributed by atoms with Gasteiger partial charge in [0.05, 0.1) is 0 Å². The van der Waals surface area contributed by atoms with Crippen LogP contribution in [-0.2, 0) is 9.59 Å². The largest absolute Gasteiger partial charge is 0.278 e. The van der Waals surface area contributed by atoms with Crippen LogP contribution in [-0.4, -0.2) is 29.0 Å². The predicted molar refractivity (Wildman–Crippen MR) is 51.1 cm³/mol. The van der Waals surface area contributed by atoms with Gasteiger partial charge in [-0.15, -0.1) is 0 Å². The van der Waals surface area contributed by atoms with Gasteiger partial charge in [-0.25, -0.2) is 0 Å². The first-order chi connectivity index (χ1) is 5.63. The summed E-state index contributed by atoms with van der Waals surface area (Å²) in [6.45, 7) is 3.46. The molecular formula is C8H13NO2S. The Bertz CT molecular complexity index is 201. The van der Waals surface area contributed by atoms with Crippen molar-refractivity contribution in [3.63, 3.8) is 0 Å². The Kier molecular flexibility index (Phi) is 5.45. The van der Waals surface area contributed by atoms with Gasteiger partial charge in [0, 0.05) is 19.2 Å². The van der Waals surface area contributed by atoms with Gasteiger partial charge >= 0.3 is 0 Å². The summed E-state index contributed by atoms with van der Waals surface area (Å²) < 4.78 is 0. The first kappa shape index (κ1) is 11.2. The van der Waals surface area contributed by atoms with E-state index in [-0.39, 0.29) is 11.8 Å². The minimum Gasteiger partial charge on any atom is -0.278 e. The normalized spacial score (nSPS) is 10.2. The van der Waals surface area contributed by atoms with E-state index < -0.39 is 0 Å². The number of carbonyl (C=O) groups excluding carboxylic acids is 2. The molecule has 0 heterocycles. The Labute approximate surface area is 77.8 Å². The van der Waals surface area contributed by atoms with Crippen molar-refractivity contribution in [3.05, 3.63) is 12.2 Å². The van der Waals surface area contributed by atoms with Crippen molar-refractivity contribution >= 4 is 24.4 Å². The first-order valence-electron chi connectivity index (χ1n) is 3.69. The van der Waals surface area contributed by atoms with E-state index in [0.29, 0.717) is 12.3 Å². The molecule has 0 unspecified atom stereocenters. The fraction of sp³-hybridized carbons (Fsp3) is 0.500. The molecule has 0 saturated carbocycles. The number of hydrogen-bond acceptors (Lipinski definition) is 3. The average Bonchev–Trinajstić information content (AvgIpc) is 1.99. The molecule has 0 aliphatic heterocycles. The fourth-order valence-electron chi connectivity index (χ4n) is 0.755. The van der Waals surface area contributed by atoms with Gasteiger partial charge in [0.1, 0.15) is 0 Å². The third-order valence-electron chi connectivity index (χ3n) is 1.28. The van der Waals surface area contributed by atoms with E-state index in [1.54, 1.807) is 13.0 Å². The van der Waals surface area contributed by atoms with Gasteiger partial charge in [-0.3, -0.25) is 14.5 Å². The van der Waals surface area contributed by atoms with E-state index in [1.807, 2.05) is 0 Å². The quantitative estimate of drug-likeness (QED) is 0.526. The lowest BCUT2D eigenvalue weighted by Crippen LogP contribution is -2.35. The van der Waals surface area contributed by atoms with Crippen LogP contribution in [0.25, 0.3) is 0 Å². The summed E-state index contributed by atoms with van der Waals surface area (Å²) in [6, 6.07) is 0. The maximum Gasteiger partial charge on any atom is 0.252 e. The van der Waals surface area contributed by atoms with Crippen LogP contribution in [0, 0.1) is 0 Å². The Balaban J connectivity index is 4.29. The van der Waals surface area contributed by atoms with Crippen molar-refractivity contribution in [2.45, 2.75) is 13.8 Å². The summed E-state index contributed by atoms with van der Waals surface area (Å²) in [5.41, 5.74) is 0. The number of thiol groups is 1. The van der Waals surface area contributed by atoms with E-state index in [1.165, 1.54) is 13.0 Å². The number of hydrogen-bond donors (Lipinski definition) is 1. The number of imide groups is 1. The third-order valence-corrected chi connectivity index (χ3v) is 1.48. The zero-order chi connectivity index (χ0) is 9.56. The second-order valence-corrected chi connectivity index (χ2v) is 2.68. The number of carbonyl (C=O) groups is 2. The Morgan fingerprint density at radius 1 is 1.50 bits per heavy atom. The van der Waals surface area contributed by atoms with Crippen LogP contribution in [0.1, 0.15) is 13.8 Å². The summed E-state index contributed by atoms with van der Waals surface area (Å²) >= 11 is 3.95. The molecule has 2 amide bonds. The maximum atomic E-state index is 11.2. The molecule has 0 aromatic rings. The number of nitrogens with zero attached hydrogens (tertiary/aromatic N) is 1. The molecule has 0 aliphatic carbocycles. The van der Waals surface area contributed by atoms with Crippen LogP contribution in [0.15, 0.2) is 12.2 Å². The standard InChI is InChI=1S/C8H13NO2S/c1-3-4-8(11)9(5-6-12)7(2)10/h3-4,12H,5-6H2,1-2H3/b4-3+. The van der Waals surface area contributed by atoms with Gasteiger partial charge in [0.15, 0.2) is 0 Å². The molecule has 0 aliphatic rings. The van der Waals surface area contributed by atoms with Gasteiger partial charge in [0.2, 0.25) is 5.91 Å². The van der Waals surface area contributed by atoms with Crippen molar-refractivity contribution < 1.29 is 9.59 Å². The summed E-state index contributed by atoms with van der Waals surface area (Å²) in [4.78, 5) is 23.2. The molecule has 0 bridgehead atoms. The highest BCUT2D eigenvalue weighted by atomic mass is 32.1. The Morgan fingerprint density at radius 3 is 2.42 bits per heavy atom. The molecule has 12 heavy (non-hydrogen) atoms. The van der Waals surface area contributed by atoms with E-state index >= 15 is 0 Å². The molecule has 0 aromatic heterocycles. The molecular weight excluding hydrogens is 174 g/mol. The summed E-state index contributed by atoms with van der Waals surface area (Å²) in [7, 11) is 0. The highest BCUT2D eigenvalue weighted by molar-refractivity contribution is 7.80. The lowest BCUT2D eigenvalue weighted by molar-refractivity contribution is -0.140. The number of amides is 2. The van der Waals surface area contributed by atoms with Crippen LogP contribution >= 0.6 is 12.6 Å². The summed E-state index contributed by atoms with van der Waals surface area (Å²) in [5, 5.41) is 0. The molecule has 0 atom stereocenters. The molecule has 3 nitrogen and oxygen atoms in total. The fourth-order valence-corrected chi connectivity index (χ4v) is 0.955. The van der Waals surface area contributed by atoms with E-state index in [0.717, 1.165) is 4.90 Å². The average molecular weight is 187 g/mol. The monoisotopic (exact) mass is 187 g/mol. The topological polar surface area (TPSA) is 37.4 Å². The van der Waals surface area contributed by atoms with Gasteiger partial charge in [0.25, 0.3) is 5.91 Å². The molecule has 0 N–H and O–H groups in total. The summed E-state index contributed by atoms with van der Waals surface area (Å²) in [6.07, 6.45) is 2.97. The van der Waals surface area contributed by atoms with Crippen LogP contribution in [0.2, 0.25) is 0 Å². The van der Waals surface area contributed by atoms with Gasteiger partial charge < -0.3 is 0 Å². The van der Waals surface area contributed by atoms with Crippen LogP contribution in [0.5, 0.6) is 0 Å². The van der Waals surface area contributed by atoms with Crippen LogP contribution < -0.4 is 0 Å². The molecule has 4 heteroatoms. The van der Waals surface area contributed by atoms with Crippen LogP contribution in [0.3, 0.4) is 0 Å². The van der Waals surface area contributed by atoms with Crippen molar-refractivity contribution in [2.75, 3.05) is 12.3 Å². The third kappa shape index (κ3) is 3.57. The van der Waals surface area contributed by atoms with E-state index in [4.69, 9.17) is 0 Å². The minimum atomic E-state index is -0.279. The lowest BCUT2D eigenvalue weighted by atomic mass is 10.4. The van der Waals surface area contributed by atoms with Crippen molar-refractivity contribution in [3.8, 4) is 0 Å². The lowest BCUT2D eigenvalue weighted by Gasteiger charge is -2.15. The van der Waals surface area contributed by atoms with E-state index in [2.05, 4.69) is 12.6 Å². The Morgan fingerprint density at radius 2 is 2.08 bits per heavy atom. The zero-order valence-electron chi connectivity index (χ0n) is 7.28. The molecule has 0 aromatic carbocycles. The zero-order valence-corrected chi connectivity index (χ0v) is 8.17. The first-order valence-corrected chi connectivity index (χ1v) is 4.32. The van der Waals surface area contributed by atoms with Gasteiger partial charge in [-0.05, 0) is 13.0 Å². The van der Waals surface area contributed by atoms with Crippen molar-refractivity contribution in [1.82, 2.24) is 4.90 Å². The Hall–Kier alpha value is -0.770. The SMILES string of the molecule is C/C=C/C(=O)N(CCS)C(C)=O. The molecule has 0 radical (unpaired) electrons. The number of allylic oxidation sites excluding steroid dienone is 1. The molecule has 68 valence electrons. The molecule has 0 spiro atoms. The van der Waals surface area contributed by atoms with Crippen molar-refractivity contribution in [1.29, 1.82) is 0 Å². The molecule has 0 fully saturated rings. The summed E-state index contributed by atoms with van der Waals surface area (Å²) in [5.74, 6) is -0.0331. The molecule has 0 saturated heterocycles. The highest BCUT2D eigenvalue weighted by Crippen LogP contribution is 1.93. The second kappa shape index (κ2) is 5.83. The maximum absolute atomic E-state index is 11.2. The van der Waals surface area contributed by atoms with Crippen molar-refractivity contribution in [2.24, 2.45) is 0 Å². The van der Waals surface area contributed by atoms with Crippen LogP contribution in [0.4, 0.5) is 0 Å². The number of rotatable bonds is 3. The minimum absolute atomic E-state index is 0.243. The van der Waals surface area contributed by atoms with Gasteiger partial charge in [-0.2, -0.15) is 12.6 Å². The van der Waals surface area contributed by atoms with Gasteiger partial charge in [-0.1, -0.05) is 6.08 Å². The smallest absolute Gasteiger partial charge is 0.252 e. The predicted octanol–water partition coefficient (Wildman–Crippen LogP) is 0.867. The second-order valence-electron chi connectivity index (χ2n) is 2.23. The van der Waals surface area contributed by atoms with E-state index in [9.17, 15) is 9.59 Å².